The van der Waals surface area contributed by atoms with Gasteiger partial charge in [0.1, 0.15) is 32.1 Å². The van der Waals surface area contributed by atoms with Crippen molar-refractivity contribution in [1.29, 1.82) is 0 Å². The van der Waals surface area contributed by atoms with Crippen LogP contribution in [0.4, 0.5) is 5.69 Å². The fourth-order valence-electron chi connectivity index (χ4n) is 4.73. The summed E-state index contributed by atoms with van der Waals surface area (Å²) in [6, 6.07) is 18.8. The largest absolute Gasteiger partial charge is 0.492 e. The lowest BCUT2D eigenvalue weighted by Crippen LogP contribution is -2.42. The van der Waals surface area contributed by atoms with E-state index in [0.29, 0.717) is 43.6 Å². The zero-order valence-corrected chi connectivity index (χ0v) is 24.6. The van der Waals surface area contributed by atoms with E-state index in [1.54, 1.807) is 48.5 Å². The molecule has 5 rings (SSSR count). The van der Waals surface area contributed by atoms with Crippen LogP contribution < -0.4 is 23.8 Å². The second-order valence-corrected chi connectivity index (χ2v) is 13.6. The molecule has 1 N–H and O–H groups in total. The lowest BCUT2D eigenvalue weighted by molar-refractivity contribution is -0.119. The Balaban J connectivity index is 1.20. The summed E-state index contributed by atoms with van der Waals surface area (Å²) in [7, 11) is -7.62. The normalized spacial score (nSPS) is 15.5. The minimum absolute atomic E-state index is 0.0433. The molecule has 0 aromatic heterocycles. The number of hydrogen-bond acceptors (Lipinski definition) is 8. The molecule has 0 unspecified atom stereocenters. The Morgan fingerprint density at radius 3 is 2.24 bits per heavy atom. The Morgan fingerprint density at radius 1 is 0.833 bits per heavy atom. The molecule has 3 aromatic rings. The number of rotatable bonds is 11. The third kappa shape index (κ3) is 6.80. The van der Waals surface area contributed by atoms with E-state index < -0.39 is 32.5 Å². The number of amides is 1. The monoisotopic (exact) mass is 615 g/mol. The Labute approximate surface area is 246 Å². The van der Waals surface area contributed by atoms with Crippen LogP contribution in [0.3, 0.4) is 0 Å². The van der Waals surface area contributed by atoms with Crippen molar-refractivity contribution in [3.63, 3.8) is 0 Å². The molecule has 11 nitrogen and oxygen atoms in total. The predicted molar refractivity (Wildman–Crippen MR) is 156 cm³/mol. The van der Waals surface area contributed by atoms with Crippen molar-refractivity contribution in [2.24, 2.45) is 0 Å². The van der Waals surface area contributed by atoms with Gasteiger partial charge in [-0.1, -0.05) is 24.6 Å². The smallest absolute Gasteiger partial charge is 0.264 e. The van der Waals surface area contributed by atoms with E-state index in [9.17, 15) is 21.6 Å². The fraction of sp³-hybridized carbons (Fsp3) is 0.345. The highest BCUT2D eigenvalue weighted by atomic mass is 32.2. The number of benzene rings is 3. The molecule has 0 radical (unpaired) electrons. The van der Waals surface area contributed by atoms with Gasteiger partial charge in [0.2, 0.25) is 15.9 Å². The van der Waals surface area contributed by atoms with Crippen LogP contribution in [0.1, 0.15) is 19.3 Å². The van der Waals surface area contributed by atoms with Crippen molar-refractivity contribution in [2.45, 2.75) is 29.1 Å². The summed E-state index contributed by atoms with van der Waals surface area (Å²) in [5.41, 5.74) is 0.258. The van der Waals surface area contributed by atoms with Gasteiger partial charge >= 0.3 is 0 Å². The van der Waals surface area contributed by atoms with Crippen molar-refractivity contribution in [3.05, 3.63) is 72.8 Å². The molecule has 0 saturated carbocycles. The van der Waals surface area contributed by atoms with E-state index >= 15 is 0 Å². The number of anilines is 1. The maximum Gasteiger partial charge on any atom is 0.264 e. The second kappa shape index (κ2) is 13.0. The van der Waals surface area contributed by atoms with Crippen LogP contribution in [-0.2, 0) is 24.8 Å². The molecule has 0 aliphatic carbocycles. The molecule has 3 aromatic carbocycles. The molecule has 2 heterocycles. The van der Waals surface area contributed by atoms with E-state index in [2.05, 4.69) is 5.32 Å². The first kappa shape index (κ1) is 29.7. The van der Waals surface area contributed by atoms with Gasteiger partial charge in [-0.05, 0) is 61.4 Å². The number of ether oxygens (including phenoxy) is 3. The summed E-state index contributed by atoms with van der Waals surface area (Å²) < 4.78 is 72.1. The van der Waals surface area contributed by atoms with E-state index in [4.69, 9.17) is 14.2 Å². The van der Waals surface area contributed by atoms with Gasteiger partial charge in [-0.15, -0.1) is 0 Å². The van der Waals surface area contributed by atoms with E-state index in [1.165, 1.54) is 28.6 Å². The number of carbonyl (C=O) groups excluding carboxylic acids is 1. The number of piperidine rings is 1. The summed E-state index contributed by atoms with van der Waals surface area (Å²) in [6.45, 7) is 1.51. The van der Waals surface area contributed by atoms with Gasteiger partial charge in [0, 0.05) is 19.2 Å². The highest BCUT2D eigenvalue weighted by molar-refractivity contribution is 7.92. The highest BCUT2D eigenvalue weighted by Gasteiger charge is 2.29. The average Bonchev–Trinajstić information content (AvgIpc) is 3.02. The number of fused-ring (bicyclic) bond motifs is 1. The van der Waals surface area contributed by atoms with Gasteiger partial charge in [-0.2, -0.15) is 4.31 Å². The SMILES string of the molecule is O=C(CN(c1ccc2c(c1)OCCO2)S(=O)(=O)c1ccccc1)NCCOc1ccc(S(=O)(=O)N2CCCCC2)cc1. The van der Waals surface area contributed by atoms with Crippen molar-refractivity contribution >= 4 is 31.6 Å². The molecular weight excluding hydrogens is 582 g/mol. The van der Waals surface area contributed by atoms with Crippen LogP contribution in [0.2, 0.25) is 0 Å². The predicted octanol–water partition coefficient (Wildman–Crippen LogP) is 3.02. The maximum atomic E-state index is 13.6. The second-order valence-electron chi connectivity index (χ2n) is 9.79. The number of carbonyl (C=O) groups is 1. The maximum absolute atomic E-state index is 13.6. The molecule has 42 heavy (non-hydrogen) atoms. The Morgan fingerprint density at radius 2 is 1.52 bits per heavy atom. The molecule has 1 fully saturated rings. The van der Waals surface area contributed by atoms with E-state index in [-0.39, 0.29) is 28.6 Å². The van der Waals surface area contributed by atoms with Crippen LogP contribution in [0.5, 0.6) is 17.2 Å². The first-order valence-corrected chi connectivity index (χ1v) is 16.6. The topological polar surface area (TPSA) is 132 Å². The molecule has 2 aliphatic rings. The van der Waals surface area contributed by atoms with Crippen LogP contribution in [0, 0.1) is 0 Å². The zero-order chi connectivity index (χ0) is 29.6. The Kier molecular flexibility index (Phi) is 9.19. The molecular formula is C29H33N3O8S2. The minimum Gasteiger partial charge on any atom is -0.492 e. The lowest BCUT2D eigenvalue weighted by atomic mass is 10.2. The van der Waals surface area contributed by atoms with E-state index in [1.807, 2.05) is 0 Å². The quantitative estimate of drug-likeness (QED) is 0.326. The summed E-state index contributed by atoms with van der Waals surface area (Å²) in [5, 5.41) is 2.69. The summed E-state index contributed by atoms with van der Waals surface area (Å²) in [6.07, 6.45) is 2.76. The first-order chi connectivity index (χ1) is 20.2. The van der Waals surface area contributed by atoms with Crippen LogP contribution in [-0.4, -0.2) is 73.0 Å². The minimum atomic E-state index is -4.08. The standard InChI is InChI=1S/C29H33N3O8S2/c33-29(30-15-18-38-24-10-12-26(13-11-24)41(34,35)31-16-5-2-6-17-31)22-32(42(36,37)25-7-3-1-4-8-25)23-9-14-27-28(21-23)40-20-19-39-27/h1,3-4,7-14,21H,2,5-6,15-20,22H2,(H,30,33). The van der Waals surface area contributed by atoms with E-state index in [0.717, 1.165) is 23.6 Å². The number of nitrogens with zero attached hydrogens (tertiary/aromatic N) is 2. The summed E-state index contributed by atoms with van der Waals surface area (Å²) in [4.78, 5) is 13.2. The van der Waals surface area contributed by atoms with Crippen molar-refractivity contribution in [2.75, 3.05) is 50.3 Å². The molecule has 0 atom stereocenters. The average molecular weight is 616 g/mol. The van der Waals surface area contributed by atoms with Crippen molar-refractivity contribution in [1.82, 2.24) is 9.62 Å². The third-order valence-electron chi connectivity index (χ3n) is 6.90. The summed E-state index contributed by atoms with van der Waals surface area (Å²) in [5.74, 6) is 0.818. The number of nitrogens with one attached hydrogen (secondary N) is 1. The van der Waals surface area contributed by atoms with Gasteiger partial charge in [0.05, 0.1) is 22.0 Å². The van der Waals surface area contributed by atoms with Crippen LogP contribution in [0.25, 0.3) is 0 Å². The first-order valence-electron chi connectivity index (χ1n) is 13.7. The number of hydrogen-bond donors (Lipinski definition) is 1. The molecule has 0 spiro atoms. The number of sulfonamides is 2. The van der Waals surface area contributed by atoms with Crippen LogP contribution >= 0.6 is 0 Å². The van der Waals surface area contributed by atoms with Gasteiger partial charge < -0.3 is 19.5 Å². The molecule has 1 amide bonds. The molecule has 1 saturated heterocycles. The molecule has 2 aliphatic heterocycles. The molecule has 13 heteroatoms. The van der Waals surface area contributed by atoms with Gasteiger partial charge in [-0.25, -0.2) is 16.8 Å². The molecule has 0 bridgehead atoms. The zero-order valence-electron chi connectivity index (χ0n) is 23.0. The van der Waals surface area contributed by atoms with Crippen molar-refractivity contribution < 1.29 is 35.8 Å². The Hall–Kier alpha value is -3.81. The van der Waals surface area contributed by atoms with Gasteiger partial charge in [0.25, 0.3) is 10.0 Å². The highest BCUT2D eigenvalue weighted by Crippen LogP contribution is 2.35. The van der Waals surface area contributed by atoms with Crippen LogP contribution in [0.15, 0.2) is 82.6 Å². The van der Waals surface area contributed by atoms with Gasteiger partial charge in [0.15, 0.2) is 11.5 Å². The lowest BCUT2D eigenvalue weighted by Gasteiger charge is -2.26. The van der Waals surface area contributed by atoms with Gasteiger partial charge in [-0.3, -0.25) is 9.10 Å². The Bertz CT molecular complexity index is 1590. The summed E-state index contributed by atoms with van der Waals surface area (Å²) >= 11 is 0. The third-order valence-corrected chi connectivity index (χ3v) is 10.6. The van der Waals surface area contributed by atoms with Crippen molar-refractivity contribution in [3.8, 4) is 17.2 Å². The fourth-order valence-corrected chi connectivity index (χ4v) is 7.68. The molecule has 224 valence electrons.